The molecule has 3 rings (SSSR count). The second-order valence-electron chi connectivity index (χ2n) is 4.26. The van der Waals surface area contributed by atoms with Crippen LogP contribution in [0.2, 0.25) is 0 Å². The molecular formula is C16H12BrNO2. The van der Waals surface area contributed by atoms with Gasteiger partial charge in [0.15, 0.2) is 0 Å². The first-order valence-corrected chi connectivity index (χ1v) is 6.92. The zero-order chi connectivity index (χ0) is 13.9. The molecule has 1 heterocycles. The summed E-state index contributed by atoms with van der Waals surface area (Å²) in [5, 5.41) is 1.99. The molecule has 100 valence electrons. The Bertz CT molecular complexity index is 741. The van der Waals surface area contributed by atoms with Crippen LogP contribution < -0.4 is 9.47 Å². The van der Waals surface area contributed by atoms with E-state index in [0.717, 1.165) is 26.7 Å². The van der Waals surface area contributed by atoms with E-state index < -0.39 is 0 Å². The molecule has 0 saturated heterocycles. The first-order chi connectivity index (χ1) is 9.76. The molecule has 0 bridgehead atoms. The third-order valence-corrected chi connectivity index (χ3v) is 3.49. The number of aromatic nitrogens is 1. The number of benzene rings is 2. The second kappa shape index (κ2) is 5.51. The minimum atomic E-state index is 0.590. The van der Waals surface area contributed by atoms with Crippen molar-refractivity contribution in [3.05, 3.63) is 59.2 Å². The molecule has 0 fully saturated rings. The molecule has 2 aromatic carbocycles. The first-order valence-electron chi connectivity index (χ1n) is 6.12. The maximum atomic E-state index is 5.85. The fourth-order valence-corrected chi connectivity index (χ4v) is 2.22. The predicted octanol–water partition coefficient (Wildman–Crippen LogP) is 4.80. The first kappa shape index (κ1) is 12.9. The largest absolute Gasteiger partial charge is 0.497 e. The number of hydrogen-bond acceptors (Lipinski definition) is 3. The van der Waals surface area contributed by atoms with Crippen molar-refractivity contribution >= 4 is 26.7 Å². The van der Waals surface area contributed by atoms with Crippen molar-refractivity contribution in [2.24, 2.45) is 0 Å². The lowest BCUT2D eigenvalue weighted by molar-refractivity contribution is 0.415. The monoisotopic (exact) mass is 329 g/mol. The number of hydrogen-bond donors (Lipinski definition) is 0. The summed E-state index contributed by atoms with van der Waals surface area (Å²) in [6, 6.07) is 15.4. The minimum Gasteiger partial charge on any atom is -0.497 e. The Morgan fingerprint density at radius 3 is 2.45 bits per heavy atom. The van der Waals surface area contributed by atoms with Crippen LogP contribution in [-0.2, 0) is 0 Å². The number of halogens is 1. The molecule has 0 amide bonds. The van der Waals surface area contributed by atoms with Crippen molar-refractivity contribution < 1.29 is 9.47 Å². The lowest BCUT2D eigenvalue weighted by Gasteiger charge is -2.08. The predicted molar refractivity (Wildman–Crippen MR) is 82.5 cm³/mol. The van der Waals surface area contributed by atoms with Crippen molar-refractivity contribution in [3.63, 3.8) is 0 Å². The van der Waals surface area contributed by atoms with E-state index in [1.165, 1.54) is 0 Å². The molecule has 0 spiro atoms. The third kappa shape index (κ3) is 2.60. The number of pyridine rings is 1. The Morgan fingerprint density at radius 2 is 1.70 bits per heavy atom. The average molecular weight is 330 g/mol. The van der Waals surface area contributed by atoms with Crippen LogP contribution in [0, 0.1) is 0 Å². The smallest absolute Gasteiger partial charge is 0.227 e. The molecule has 0 N–H and O–H groups in total. The summed E-state index contributed by atoms with van der Waals surface area (Å²) < 4.78 is 12.1. The van der Waals surface area contributed by atoms with E-state index in [4.69, 9.17) is 9.47 Å². The highest BCUT2D eigenvalue weighted by Crippen LogP contribution is 2.30. The van der Waals surface area contributed by atoms with E-state index in [1.54, 1.807) is 13.3 Å². The molecule has 3 nitrogen and oxygen atoms in total. The summed E-state index contributed by atoms with van der Waals surface area (Å²) in [7, 11) is 1.65. The van der Waals surface area contributed by atoms with Gasteiger partial charge in [0.25, 0.3) is 0 Å². The van der Waals surface area contributed by atoms with Gasteiger partial charge in [0.1, 0.15) is 11.5 Å². The van der Waals surface area contributed by atoms with Gasteiger partial charge < -0.3 is 9.47 Å². The van der Waals surface area contributed by atoms with Gasteiger partial charge in [-0.2, -0.15) is 0 Å². The number of ether oxygens (including phenoxy) is 2. The van der Waals surface area contributed by atoms with Crippen molar-refractivity contribution in [1.82, 2.24) is 4.98 Å². The van der Waals surface area contributed by atoms with Crippen LogP contribution in [0.25, 0.3) is 10.8 Å². The van der Waals surface area contributed by atoms with Crippen molar-refractivity contribution in [2.45, 2.75) is 0 Å². The number of rotatable bonds is 3. The summed E-state index contributed by atoms with van der Waals surface area (Å²) >= 11 is 3.40. The van der Waals surface area contributed by atoms with Crippen LogP contribution in [-0.4, -0.2) is 12.1 Å². The lowest BCUT2D eigenvalue weighted by Crippen LogP contribution is -1.90. The molecule has 4 heteroatoms. The van der Waals surface area contributed by atoms with E-state index in [-0.39, 0.29) is 0 Å². The van der Waals surface area contributed by atoms with Crippen LogP contribution >= 0.6 is 15.9 Å². The van der Waals surface area contributed by atoms with Crippen LogP contribution in [0.1, 0.15) is 0 Å². The maximum Gasteiger partial charge on any atom is 0.227 e. The van der Waals surface area contributed by atoms with E-state index in [9.17, 15) is 0 Å². The summed E-state index contributed by atoms with van der Waals surface area (Å²) in [4.78, 5) is 4.31. The Hall–Kier alpha value is -2.07. The Morgan fingerprint density at radius 1 is 0.950 bits per heavy atom. The van der Waals surface area contributed by atoms with Crippen molar-refractivity contribution in [1.29, 1.82) is 0 Å². The van der Waals surface area contributed by atoms with Gasteiger partial charge in [-0.1, -0.05) is 15.9 Å². The van der Waals surface area contributed by atoms with Gasteiger partial charge in [0.2, 0.25) is 5.88 Å². The molecule has 1 aromatic heterocycles. The van der Waals surface area contributed by atoms with Crippen LogP contribution in [0.5, 0.6) is 17.4 Å². The number of nitrogens with zero attached hydrogens (tertiary/aromatic N) is 1. The number of methoxy groups -OCH3 is 1. The van der Waals surface area contributed by atoms with E-state index in [1.807, 2.05) is 48.5 Å². The highest BCUT2D eigenvalue weighted by molar-refractivity contribution is 9.10. The standard InChI is InChI=1S/C16H12BrNO2/c1-19-14-6-7-15-11(10-14)8-9-18-16(15)20-13-4-2-12(17)3-5-13/h2-10H,1H3. The molecule has 20 heavy (non-hydrogen) atoms. The molecule has 0 radical (unpaired) electrons. The minimum absolute atomic E-state index is 0.590. The highest BCUT2D eigenvalue weighted by Gasteiger charge is 2.06. The van der Waals surface area contributed by atoms with Crippen molar-refractivity contribution in [3.8, 4) is 17.4 Å². The SMILES string of the molecule is COc1ccc2c(Oc3ccc(Br)cc3)nccc2c1. The van der Waals surface area contributed by atoms with Gasteiger partial charge in [0, 0.05) is 16.1 Å². The van der Waals surface area contributed by atoms with Gasteiger partial charge in [-0.15, -0.1) is 0 Å². The van der Waals surface area contributed by atoms with Crippen LogP contribution in [0.4, 0.5) is 0 Å². The highest BCUT2D eigenvalue weighted by atomic mass is 79.9. The summed E-state index contributed by atoms with van der Waals surface area (Å²) in [5.74, 6) is 2.16. The molecular weight excluding hydrogens is 318 g/mol. The second-order valence-corrected chi connectivity index (χ2v) is 5.17. The Balaban J connectivity index is 2.01. The topological polar surface area (TPSA) is 31.4 Å². The molecule has 0 aliphatic heterocycles. The van der Waals surface area contributed by atoms with Gasteiger partial charge in [-0.05, 0) is 53.9 Å². The third-order valence-electron chi connectivity index (χ3n) is 2.96. The Kier molecular flexibility index (Phi) is 3.56. The van der Waals surface area contributed by atoms with Gasteiger partial charge >= 0.3 is 0 Å². The molecule has 0 aliphatic rings. The molecule has 0 unspecified atom stereocenters. The molecule has 3 aromatic rings. The van der Waals surface area contributed by atoms with Gasteiger partial charge in [-0.25, -0.2) is 4.98 Å². The zero-order valence-electron chi connectivity index (χ0n) is 10.8. The summed E-state index contributed by atoms with van der Waals surface area (Å²) in [6.07, 6.45) is 1.73. The normalized spacial score (nSPS) is 10.5. The van der Waals surface area contributed by atoms with Crippen molar-refractivity contribution in [2.75, 3.05) is 7.11 Å². The quantitative estimate of drug-likeness (QED) is 0.691. The lowest BCUT2D eigenvalue weighted by atomic mass is 10.1. The van der Waals surface area contributed by atoms with E-state index in [0.29, 0.717) is 5.88 Å². The Labute approximate surface area is 125 Å². The summed E-state index contributed by atoms with van der Waals surface area (Å²) in [6.45, 7) is 0. The van der Waals surface area contributed by atoms with E-state index in [2.05, 4.69) is 20.9 Å². The average Bonchev–Trinajstić information content (AvgIpc) is 2.49. The van der Waals surface area contributed by atoms with E-state index >= 15 is 0 Å². The number of fused-ring (bicyclic) bond motifs is 1. The van der Waals surface area contributed by atoms with Gasteiger partial charge in [0.05, 0.1) is 7.11 Å². The summed E-state index contributed by atoms with van der Waals surface area (Å²) in [5.41, 5.74) is 0. The molecule has 0 saturated carbocycles. The van der Waals surface area contributed by atoms with Gasteiger partial charge in [-0.3, -0.25) is 0 Å². The fourth-order valence-electron chi connectivity index (χ4n) is 1.95. The maximum absolute atomic E-state index is 5.85. The molecule has 0 aliphatic carbocycles. The van der Waals surface area contributed by atoms with Crippen LogP contribution in [0.15, 0.2) is 59.2 Å². The van der Waals surface area contributed by atoms with Crippen LogP contribution in [0.3, 0.4) is 0 Å². The zero-order valence-corrected chi connectivity index (χ0v) is 12.4. The molecule has 0 atom stereocenters. The fraction of sp³-hybridized carbons (Fsp3) is 0.0625.